The van der Waals surface area contributed by atoms with Gasteiger partial charge in [0.05, 0.1) is 5.54 Å². The lowest BCUT2D eigenvalue weighted by molar-refractivity contribution is 0.240. The molecule has 1 aromatic rings. The third-order valence-corrected chi connectivity index (χ3v) is 2.30. The zero-order chi connectivity index (χ0) is 9.47. The molecule has 2 rings (SSSR count). The van der Waals surface area contributed by atoms with Gasteiger partial charge in [0.1, 0.15) is 6.61 Å². The Morgan fingerprint density at radius 3 is 3.15 bits per heavy atom. The summed E-state index contributed by atoms with van der Waals surface area (Å²) >= 11 is 3.35. The van der Waals surface area contributed by atoms with Crippen molar-refractivity contribution < 1.29 is 4.74 Å². The molecule has 13 heavy (non-hydrogen) atoms. The molecule has 1 N–H and O–H groups in total. The van der Waals surface area contributed by atoms with Gasteiger partial charge in [-0.05, 0) is 35.8 Å². The molecule has 0 saturated heterocycles. The summed E-state index contributed by atoms with van der Waals surface area (Å²) in [6.45, 7) is 4.83. The van der Waals surface area contributed by atoms with Gasteiger partial charge >= 0.3 is 0 Å². The fourth-order valence-corrected chi connectivity index (χ4v) is 1.55. The highest BCUT2D eigenvalue weighted by Crippen LogP contribution is 2.32. The van der Waals surface area contributed by atoms with Gasteiger partial charge in [-0.3, -0.25) is 0 Å². The van der Waals surface area contributed by atoms with Gasteiger partial charge in [-0.2, -0.15) is 0 Å². The molecule has 0 aromatic carbocycles. The fraction of sp³-hybridized carbons (Fsp3) is 0.444. The molecule has 4 heteroatoms. The van der Waals surface area contributed by atoms with E-state index in [0.29, 0.717) is 6.61 Å². The molecule has 0 aliphatic carbocycles. The van der Waals surface area contributed by atoms with Gasteiger partial charge in [0.25, 0.3) is 0 Å². The Bertz CT molecular complexity index is 338. The van der Waals surface area contributed by atoms with Crippen LogP contribution in [0.2, 0.25) is 0 Å². The summed E-state index contributed by atoms with van der Waals surface area (Å²) in [5.74, 6) is 1.63. The minimum Gasteiger partial charge on any atom is -0.487 e. The first-order valence-corrected chi connectivity index (χ1v) is 4.93. The summed E-state index contributed by atoms with van der Waals surface area (Å²) in [6, 6.07) is 1.92. The average Bonchev–Trinajstić information content (AvgIpc) is 2.05. The van der Waals surface area contributed by atoms with Crippen LogP contribution in [0.15, 0.2) is 16.7 Å². The van der Waals surface area contributed by atoms with Crippen molar-refractivity contribution in [3.05, 3.63) is 16.7 Å². The highest BCUT2D eigenvalue weighted by molar-refractivity contribution is 9.10. The molecule has 0 amide bonds. The van der Waals surface area contributed by atoms with E-state index in [4.69, 9.17) is 4.74 Å². The van der Waals surface area contributed by atoms with Crippen LogP contribution >= 0.6 is 15.9 Å². The van der Waals surface area contributed by atoms with Crippen molar-refractivity contribution in [2.75, 3.05) is 11.9 Å². The second kappa shape index (κ2) is 2.87. The lowest BCUT2D eigenvalue weighted by Gasteiger charge is -2.32. The van der Waals surface area contributed by atoms with Crippen LogP contribution < -0.4 is 10.1 Å². The zero-order valence-electron chi connectivity index (χ0n) is 7.60. The molecule has 0 bridgehead atoms. The SMILES string of the molecule is CC1(C)COc2cc(Br)cnc2N1. The highest BCUT2D eigenvalue weighted by Gasteiger charge is 2.26. The molecule has 1 aliphatic rings. The monoisotopic (exact) mass is 242 g/mol. The molecule has 0 unspecified atom stereocenters. The van der Waals surface area contributed by atoms with Gasteiger partial charge in [-0.25, -0.2) is 4.98 Å². The lowest BCUT2D eigenvalue weighted by atomic mass is 10.1. The van der Waals surface area contributed by atoms with Gasteiger partial charge in [0, 0.05) is 10.7 Å². The van der Waals surface area contributed by atoms with E-state index in [1.54, 1.807) is 6.20 Å². The highest BCUT2D eigenvalue weighted by atomic mass is 79.9. The quantitative estimate of drug-likeness (QED) is 0.759. The predicted octanol–water partition coefficient (Wildman–Crippen LogP) is 2.43. The van der Waals surface area contributed by atoms with Crippen molar-refractivity contribution in [1.29, 1.82) is 0 Å². The topological polar surface area (TPSA) is 34.1 Å². The Morgan fingerprint density at radius 2 is 2.38 bits per heavy atom. The van der Waals surface area contributed by atoms with Crippen LogP contribution in [0.25, 0.3) is 0 Å². The van der Waals surface area contributed by atoms with Crippen LogP contribution in [0, 0.1) is 0 Å². The fourth-order valence-electron chi connectivity index (χ4n) is 1.24. The van der Waals surface area contributed by atoms with E-state index >= 15 is 0 Å². The van der Waals surface area contributed by atoms with Crippen molar-refractivity contribution in [2.45, 2.75) is 19.4 Å². The minimum absolute atomic E-state index is 0.0339. The number of anilines is 1. The van der Waals surface area contributed by atoms with Crippen molar-refractivity contribution in [1.82, 2.24) is 4.98 Å². The number of aromatic nitrogens is 1. The van der Waals surface area contributed by atoms with E-state index in [2.05, 4.69) is 40.1 Å². The molecule has 3 nitrogen and oxygen atoms in total. The third-order valence-electron chi connectivity index (χ3n) is 1.86. The third kappa shape index (κ3) is 1.77. The second-order valence-electron chi connectivity index (χ2n) is 3.80. The first-order valence-electron chi connectivity index (χ1n) is 4.13. The molecule has 0 atom stereocenters. The Hall–Kier alpha value is -0.770. The summed E-state index contributed by atoms with van der Waals surface area (Å²) in [4.78, 5) is 4.23. The molecular weight excluding hydrogens is 232 g/mol. The maximum absolute atomic E-state index is 5.56. The van der Waals surface area contributed by atoms with E-state index in [1.165, 1.54) is 0 Å². The van der Waals surface area contributed by atoms with E-state index < -0.39 is 0 Å². The van der Waals surface area contributed by atoms with Crippen molar-refractivity contribution in [3.63, 3.8) is 0 Å². The van der Waals surface area contributed by atoms with Crippen LogP contribution in [-0.2, 0) is 0 Å². The van der Waals surface area contributed by atoms with Crippen molar-refractivity contribution in [3.8, 4) is 5.75 Å². The van der Waals surface area contributed by atoms with Gasteiger partial charge in [-0.1, -0.05) is 0 Å². The Labute approximate surface area is 85.6 Å². The van der Waals surface area contributed by atoms with Gasteiger partial charge in [0.2, 0.25) is 0 Å². The summed E-state index contributed by atoms with van der Waals surface area (Å²) in [7, 11) is 0. The van der Waals surface area contributed by atoms with E-state index in [1.807, 2.05) is 6.07 Å². The van der Waals surface area contributed by atoms with Crippen LogP contribution in [0.5, 0.6) is 5.75 Å². The van der Waals surface area contributed by atoms with Crippen LogP contribution in [-0.4, -0.2) is 17.1 Å². The summed E-state index contributed by atoms with van der Waals surface area (Å²) < 4.78 is 6.50. The molecule has 70 valence electrons. The number of rotatable bonds is 0. The smallest absolute Gasteiger partial charge is 0.169 e. The first-order chi connectivity index (χ1) is 6.07. The normalized spacial score (nSPS) is 18.4. The number of ether oxygens (including phenoxy) is 1. The van der Waals surface area contributed by atoms with Crippen molar-refractivity contribution >= 4 is 21.7 Å². The number of halogens is 1. The predicted molar refractivity (Wildman–Crippen MR) is 55.1 cm³/mol. The molecule has 1 aliphatic heterocycles. The number of nitrogens with one attached hydrogen (secondary N) is 1. The Balaban J connectivity index is 2.37. The first kappa shape index (κ1) is 8.81. The number of nitrogens with zero attached hydrogens (tertiary/aromatic N) is 1. The summed E-state index contributed by atoms with van der Waals surface area (Å²) in [6.07, 6.45) is 1.76. The maximum Gasteiger partial charge on any atom is 0.169 e. The number of fused-ring (bicyclic) bond motifs is 1. The molecular formula is C9H11BrN2O. The minimum atomic E-state index is -0.0339. The number of hydrogen-bond acceptors (Lipinski definition) is 3. The molecule has 0 fully saturated rings. The van der Waals surface area contributed by atoms with E-state index in [-0.39, 0.29) is 5.54 Å². The largest absolute Gasteiger partial charge is 0.487 e. The van der Waals surface area contributed by atoms with Gasteiger partial charge in [0.15, 0.2) is 11.6 Å². The van der Waals surface area contributed by atoms with Gasteiger partial charge < -0.3 is 10.1 Å². The molecule has 2 heterocycles. The Kier molecular flexibility index (Phi) is 1.95. The van der Waals surface area contributed by atoms with E-state index in [0.717, 1.165) is 16.0 Å². The van der Waals surface area contributed by atoms with Crippen molar-refractivity contribution in [2.24, 2.45) is 0 Å². The average molecular weight is 243 g/mol. The van der Waals surface area contributed by atoms with Crippen LogP contribution in [0.1, 0.15) is 13.8 Å². The summed E-state index contributed by atoms with van der Waals surface area (Å²) in [5.41, 5.74) is -0.0339. The van der Waals surface area contributed by atoms with E-state index in [9.17, 15) is 0 Å². The van der Waals surface area contributed by atoms with Crippen LogP contribution in [0.4, 0.5) is 5.82 Å². The lowest BCUT2D eigenvalue weighted by Crippen LogP contribution is -2.41. The molecule has 1 aromatic heterocycles. The molecule has 0 saturated carbocycles. The number of pyridine rings is 1. The standard InChI is InChI=1S/C9H11BrN2O/c1-9(2)5-13-7-3-6(10)4-11-8(7)12-9/h3-4H,5H2,1-2H3,(H,11,12). The second-order valence-corrected chi connectivity index (χ2v) is 4.71. The molecule has 0 radical (unpaired) electrons. The Morgan fingerprint density at radius 1 is 1.62 bits per heavy atom. The zero-order valence-corrected chi connectivity index (χ0v) is 9.18. The summed E-state index contributed by atoms with van der Waals surface area (Å²) in [5, 5.41) is 3.31. The molecule has 0 spiro atoms. The number of hydrogen-bond donors (Lipinski definition) is 1. The van der Waals surface area contributed by atoms with Crippen LogP contribution in [0.3, 0.4) is 0 Å². The maximum atomic E-state index is 5.56. The van der Waals surface area contributed by atoms with Gasteiger partial charge in [-0.15, -0.1) is 0 Å².